The Hall–Kier alpha value is -3.02. The molecule has 0 spiro atoms. The molecule has 2 aromatic carbocycles. The Labute approximate surface area is 187 Å². The van der Waals surface area contributed by atoms with Gasteiger partial charge in [-0.15, -0.1) is 11.3 Å². The van der Waals surface area contributed by atoms with Gasteiger partial charge in [0.05, 0.1) is 23.1 Å². The van der Waals surface area contributed by atoms with Crippen molar-refractivity contribution in [1.82, 2.24) is 8.75 Å². The minimum Gasteiger partial charge on any atom is -0.507 e. The second-order valence-corrected chi connectivity index (χ2v) is 10.1. The van der Waals surface area contributed by atoms with E-state index in [1.54, 1.807) is 43.5 Å². The van der Waals surface area contributed by atoms with Gasteiger partial charge in [0.2, 0.25) is 0 Å². The van der Waals surface area contributed by atoms with Crippen molar-refractivity contribution in [3.8, 4) is 5.75 Å². The highest BCUT2D eigenvalue weighted by molar-refractivity contribution is 7.93. The lowest BCUT2D eigenvalue weighted by Gasteiger charge is -2.15. The Kier molecular flexibility index (Phi) is 5.42. The van der Waals surface area contributed by atoms with Crippen LogP contribution < -0.4 is 10.0 Å². The molecule has 0 atom stereocenters. The van der Waals surface area contributed by atoms with Gasteiger partial charge in [-0.05, 0) is 61.5 Å². The topological polar surface area (TPSA) is 121 Å². The fraction of sp³-hybridized carbons (Fsp3) is 0.150. The molecule has 0 aliphatic heterocycles. The van der Waals surface area contributed by atoms with Crippen LogP contribution in [-0.4, -0.2) is 28.2 Å². The average molecular weight is 475 g/mol. The van der Waals surface area contributed by atoms with Gasteiger partial charge in [-0.1, -0.05) is 6.07 Å². The first-order valence-corrected chi connectivity index (χ1v) is 12.2. The summed E-state index contributed by atoms with van der Waals surface area (Å²) in [5, 5.41) is 14.5. The highest BCUT2D eigenvalue weighted by Gasteiger charge is 2.25. The zero-order chi connectivity index (χ0) is 22.3. The number of hydrogen-bond acceptors (Lipinski definition) is 8. The van der Waals surface area contributed by atoms with Gasteiger partial charge in [-0.25, -0.2) is 8.42 Å². The third kappa shape index (κ3) is 3.99. The summed E-state index contributed by atoms with van der Waals surface area (Å²) in [5.41, 5.74) is 4.03. The molecule has 0 aliphatic rings. The number of sulfonamides is 1. The number of nitrogens with one attached hydrogen (secondary N) is 2. The molecule has 0 saturated heterocycles. The molecule has 4 rings (SSSR count). The predicted molar refractivity (Wildman–Crippen MR) is 123 cm³/mol. The zero-order valence-corrected chi connectivity index (χ0v) is 19.2. The van der Waals surface area contributed by atoms with E-state index in [1.807, 2.05) is 6.92 Å². The highest BCUT2D eigenvalue weighted by Crippen LogP contribution is 2.33. The Morgan fingerprint density at radius 2 is 1.77 bits per heavy atom. The lowest BCUT2D eigenvalue weighted by Crippen LogP contribution is -2.19. The maximum Gasteiger partial charge on any atom is 0.267 e. The van der Waals surface area contributed by atoms with Crippen LogP contribution in [0.5, 0.6) is 5.75 Å². The molecule has 2 heterocycles. The van der Waals surface area contributed by atoms with Crippen LogP contribution in [-0.2, 0) is 10.0 Å². The number of rotatable bonds is 5. The number of benzene rings is 2. The second kappa shape index (κ2) is 7.91. The van der Waals surface area contributed by atoms with Crippen LogP contribution in [0.1, 0.15) is 26.4 Å². The molecule has 160 valence electrons. The number of amides is 1. The Morgan fingerprint density at radius 3 is 2.55 bits per heavy atom. The summed E-state index contributed by atoms with van der Waals surface area (Å²) in [6.07, 6.45) is 0. The summed E-state index contributed by atoms with van der Waals surface area (Å²) in [5.74, 6) is -0.475. The molecule has 8 nitrogen and oxygen atoms in total. The Morgan fingerprint density at radius 1 is 1.03 bits per heavy atom. The first kappa shape index (κ1) is 21.2. The van der Waals surface area contributed by atoms with Crippen molar-refractivity contribution in [1.29, 1.82) is 0 Å². The van der Waals surface area contributed by atoms with Gasteiger partial charge in [-0.2, -0.15) is 8.75 Å². The predicted octanol–water partition coefficient (Wildman–Crippen LogP) is 4.44. The number of aryl methyl sites for hydroxylation is 2. The quantitative estimate of drug-likeness (QED) is 0.393. The van der Waals surface area contributed by atoms with E-state index in [2.05, 4.69) is 18.8 Å². The number of carbonyl (C=O) groups excluding carboxylic acids is 1. The molecule has 0 unspecified atom stereocenters. The van der Waals surface area contributed by atoms with E-state index in [9.17, 15) is 18.3 Å². The number of phenols is 1. The minimum absolute atomic E-state index is 0.0442. The van der Waals surface area contributed by atoms with Crippen LogP contribution >= 0.6 is 23.1 Å². The number of aromatic nitrogens is 2. The number of anilines is 2. The maximum atomic E-state index is 13.0. The third-order valence-corrected chi connectivity index (χ3v) is 7.82. The number of hydrogen-bond donors (Lipinski definition) is 3. The summed E-state index contributed by atoms with van der Waals surface area (Å²) in [6, 6.07) is 8.00. The number of aromatic hydroxyl groups is 1. The van der Waals surface area contributed by atoms with Crippen LogP contribution in [0, 0.1) is 20.8 Å². The molecule has 2 aromatic heterocycles. The van der Waals surface area contributed by atoms with Crippen molar-refractivity contribution >= 4 is 61.4 Å². The van der Waals surface area contributed by atoms with E-state index in [4.69, 9.17) is 0 Å². The summed E-state index contributed by atoms with van der Waals surface area (Å²) in [4.78, 5) is 12.9. The summed E-state index contributed by atoms with van der Waals surface area (Å²) in [6.45, 7) is 5.28. The van der Waals surface area contributed by atoms with Gasteiger partial charge in [0.15, 0.2) is 0 Å². The zero-order valence-electron chi connectivity index (χ0n) is 16.8. The van der Waals surface area contributed by atoms with Crippen LogP contribution in [0.4, 0.5) is 11.4 Å². The van der Waals surface area contributed by atoms with Crippen molar-refractivity contribution in [2.75, 3.05) is 10.0 Å². The summed E-state index contributed by atoms with van der Waals surface area (Å²) < 4.78 is 36.7. The molecular formula is C20H18N4O4S3. The van der Waals surface area contributed by atoms with Gasteiger partial charge >= 0.3 is 0 Å². The van der Waals surface area contributed by atoms with Crippen molar-refractivity contribution in [3.05, 3.63) is 57.3 Å². The third-order valence-electron chi connectivity index (χ3n) is 4.80. The monoisotopic (exact) mass is 474 g/mol. The van der Waals surface area contributed by atoms with Gasteiger partial charge in [0.25, 0.3) is 15.9 Å². The number of phenolic OH excluding ortho intramolecular Hbond substituents is 1. The fourth-order valence-corrected chi connectivity index (χ4v) is 6.16. The van der Waals surface area contributed by atoms with Crippen molar-refractivity contribution in [3.63, 3.8) is 0 Å². The van der Waals surface area contributed by atoms with E-state index in [-0.39, 0.29) is 15.5 Å². The highest BCUT2D eigenvalue weighted by atomic mass is 32.2. The van der Waals surface area contributed by atoms with Crippen LogP contribution in [0.25, 0.3) is 11.0 Å². The number of nitrogens with zero attached hydrogens (tertiary/aromatic N) is 2. The SMILES string of the molecule is Cc1cc(C)c(NC(=O)c2sccc2S(=O)(=O)Nc2ccc3nsnc3c2)c(C)c1O. The molecule has 0 aliphatic carbocycles. The van der Waals surface area contributed by atoms with Gasteiger partial charge in [-0.3, -0.25) is 9.52 Å². The normalized spacial score (nSPS) is 11.6. The van der Waals surface area contributed by atoms with Gasteiger partial charge in [0.1, 0.15) is 26.6 Å². The van der Waals surface area contributed by atoms with Gasteiger partial charge in [0, 0.05) is 5.56 Å². The molecule has 0 saturated carbocycles. The molecule has 0 bridgehead atoms. The lowest BCUT2D eigenvalue weighted by atomic mass is 10.0. The first-order valence-electron chi connectivity index (χ1n) is 9.11. The number of carbonyl (C=O) groups is 1. The minimum atomic E-state index is -4.02. The van der Waals surface area contributed by atoms with Gasteiger partial charge < -0.3 is 10.4 Å². The molecule has 11 heteroatoms. The van der Waals surface area contributed by atoms with E-state index in [0.29, 0.717) is 33.5 Å². The molecule has 0 radical (unpaired) electrons. The van der Waals surface area contributed by atoms with Crippen molar-refractivity contribution in [2.24, 2.45) is 0 Å². The molecule has 3 N–H and O–H groups in total. The molecule has 4 aromatic rings. The smallest absolute Gasteiger partial charge is 0.267 e. The Bertz CT molecular complexity index is 1420. The van der Waals surface area contributed by atoms with Crippen LogP contribution in [0.15, 0.2) is 40.6 Å². The molecule has 31 heavy (non-hydrogen) atoms. The lowest BCUT2D eigenvalue weighted by molar-refractivity contribution is 0.102. The van der Waals surface area contributed by atoms with Crippen LogP contribution in [0.2, 0.25) is 0 Å². The fourth-order valence-electron chi connectivity index (χ4n) is 3.27. The first-order chi connectivity index (χ1) is 14.7. The van der Waals surface area contributed by atoms with Crippen molar-refractivity contribution < 1.29 is 18.3 Å². The van der Waals surface area contributed by atoms with Crippen LogP contribution in [0.3, 0.4) is 0 Å². The number of thiophene rings is 1. The van der Waals surface area contributed by atoms with E-state index < -0.39 is 15.9 Å². The second-order valence-electron chi connectivity index (χ2n) is 7.00. The molecule has 1 amide bonds. The van der Waals surface area contributed by atoms with E-state index in [0.717, 1.165) is 28.6 Å². The maximum absolute atomic E-state index is 13.0. The summed E-state index contributed by atoms with van der Waals surface area (Å²) >= 11 is 2.07. The Balaban J connectivity index is 1.63. The van der Waals surface area contributed by atoms with E-state index >= 15 is 0 Å². The largest absolute Gasteiger partial charge is 0.507 e. The van der Waals surface area contributed by atoms with E-state index in [1.165, 1.54) is 6.07 Å². The molecular weight excluding hydrogens is 456 g/mol. The average Bonchev–Trinajstić information content (AvgIpc) is 3.38. The standard InChI is InChI=1S/C20H18N4O4S3/c1-10-8-11(2)18(25)12(3)17(10)21-20(26)19-16(6-7-29-19)31(27,28)24-13-4-5-14-15(9-13)23-30-22-14/h4-9,24-25H,1-3H3,(H,21,26). The number of fused-ring (bicyclic) bond motifs is 1. The molecule has 0 fully saturated rings. The summed E-state index contributed by atoms with van der Waals surface area (Å²) in [7, 11) is -4.02. The van der Waals surface area contributed by atoms with Crippen molar-refractivity contribution in [2.45, 2.75) is 25.7 Å².